The van der Waals surface area contributed by atoms with E-state index in [1.807, 2.05) is 0 Å². The smallest absolute Gasteiger partial charge is 0.265 e. The molecule has 27 heavy (non-hydrogen) atoms. The summed E-state index contributed by atoms with van der Waals surface area (Å²) in [5.74, 6) is 0.868. The summed E-state index contributed by atoms with van der Waals surface area (Å²) in [7, 11) is -3.68. The number of nitrogens with zero attached hydrogens (tertiary/aromatic N) is 3. The largest absolute Gasteiger partial charge is 0.482 e. The molecule has 1 fully saturated rings. The minimum atomic E-state index is -3.68. The Morgan fingerprint density at radius 2 is 2.07 bits per heavy atom. The molecule has 1 amide bonds. The summed E-state index contributed by atoms with van der Waals surface area (Å²) < 4.78 is 38.6. The maximum Gasteiger partial charge on any atom is 0.265 e. The highest BCUT2D eigenvalue weighted by molar-refractivity contribution is 7.89. The molecular formula is C17H20N4O5S. The second kappa shape index (κ2) is 6.93. The summed E-state index contributed by atoms with van der Waals surface area (Å²) in [5, 5.41) is 3.81. The van der Waals surface area contributed by atoms with Crippen molar-refractivity contribution in [1.82, 2.24) is 14.9 Å². The van der Waals surface area contributed by atoms with Gasteiger partial charge in [0.15, 0.2) is 12.4 Å². The molecule has 0 spiro atoms. The van der Waals surface area contributed by atoms with Gasteiger partial charge < -0.3 is 9.26 Å². The van der Waals surface area contributed by atoms with Crippen molar-refractivity contribution in [3.63, 3.8) is 0 Å². The third-order valence-corrected chi connectivity index (χ3v) is 6.25. The summed E-state index contributed by atoms with van der Waals surface area (Å²) >= 11 is 0. The molecule has 1 aromatic heterocycles. The average Bonchev–Trinajstić information content (AvgIpc) is 3.28. The summed E-state index contributed by atoms with van der Waals surface area (Å²) in [6.07, 6.45) is 3.74. The molecule has 1 aromatic carbocycles. The molecular weight excluding hydrogens is 372 g/mol. The van der Waals surface area contributed by atoms with Gasteiger partial charge in [0.1, 0.15) is 5.75 Å². The van der Waals surface area contributed by atoms with Gasteiger partial charge in [-0.05, 0) is 31.0 Å². The lowest BCUT2D eigenvalue weighted by atomic mass is 10.2. The Morgan fingerprint density at radius 3 is 2.78 bits per heavy atom. The maximum absolute atomic E-state index is 12.7. The Morgan fingerprint density at radius 1 is 1.30 bits per heavy atom. The number of sulfonamides is 1. The van der Waals surface area contributed by atoms with Crippen LogP contribution in [0.4, 0.5) is 5.69 Å². The number of rotatable bonds is 5. The summed E-state index contributed by atoms with van der Waals surface area (Å²) in [6.45, 7) is 1.60. The Kier molecular flexibility index (Phi) is 4.60. The number of carbonyl (C=O) groups is 1. The second-order valence-electron chi connectivity index (χ2n) is 6.73. The van der Waals surface area contributed by atoms with Gasteiger partial charge in [-0.2, -0.15) is 4.98 Å². The van der Waals surface area contributed by atoms with E-state index in [1.54, 1.807) is 13.0 Å². The first-order valence-corrected chi connectivity index (χ1v) is 10.3. The van der Waals surface area contributed by atoms with Crippen LogP contribution in [0, 0.1) is 6.92 Å². The zero-order chi connectivity index (χ0) is 19.0. The van der Waals surface area contributed by atoms with Crippen LogP contribution in [0.15, 0.2) is 27.6 Å². The molecule has 10 heteroatoms. The lowest BCUT2D eigenvalue weighted by Gasteiger charge is -2.29. The predicted octanol–water partition coefficient (Wildman–Crippen LogP) is 1.52. The molecule has 2 aliphatic rings. The number of aryl methyl sites for hydroxylation is 1. The number of fused-ring (bicyclic) bond motifs is 1. The minimum Gasteiger partial charge on any atom is -0.482 e. The van der Waals surface area contributed by atoms with E-state index in [1.165, 1.54) is 17.0 Å². The van der Waals surface area contributed by atoms with Crippen LogP contribution in [-0.4, -0.2) is 37.1 Å². The number of anilines is 1. The lowest BCUT2D eigenvalue weighted by molar-refractivity contribution is -0.121. The van der Waals surface area contributed by atoms with Gasteiger partial charge in [-0.15, -0.1) is 0 Å². The van der Waals surface area contributed by atoms with Gasteiger partial charge in [-0.25, -0.2) is 13.1 Å². The molecule has 1 aliphatic heterocycles. The van der Waals surface area contributed by atoms with Crippen LogP contribution in [0.5, 0.6) is 5.75 Å². The van der Waals surface area contributed by atoms with E-state index in [9.17, 15) is 13.2 Å². The minimum absolute atomic E-state index is 0.0395. The number of benzene rings is 1. The second-order valence-corrected chi connectivity index (χ2v) is 8.44. The van der Waals surface area contributed by atoms with E-state index >= 15 is 0 Å². The van der Waals surface area contributed by atoms with E-state index in [4.69, 9.17) is 9.26 Å². The maximum atomic E-state index is 12.7. The highest BCUT2D eigenvalue weighted by Gasteiger charge is 2.30. The molecule has 0 unspecified atom stereocenters. The van der Waals surface area contributed by atoms with Crippen LogP contribution in [-0.2, 0) is 21.4 Å². The third-order valence-electron chi connectivity index (χ3n) is 4.73. The van der Waals surface area contributed by atoms with Crippen LogP contribution in [0.3, 0.4) is 0 Å². The summed E-state index contributed by atoms with van der Waals surface area (Å²) in [5.41, 5.74) is 0.378. The molecule has 1 saturated carbocycles. The predicted molar refractivity (Wildman–Crippen MR) is 94.7 cm³/mol. The number of hydrogen-bond donors (Lipinski definition) is 1. The van der Waals surface area contributed by atoms with Gasteiger partial charge in [0.2, 0.25) is 15.9 Å². The SMILES string of the molecule is Cc1nc(CN2C(=O)COc3ccc(S(=O)(=O)NC4CCCC4)cc32)no1. The van der Waals surface area contributed by atoms with Crippen LogP contribution in [0.2, 0.25) is 0 Å². The molecule has 0 radical (unpaired) electrons. The number of ether oxygens (including phenoxy) is 1. The fraction of sp³-hybridized carbons (Fsp3) is 0.471. The summed E-state index contributed by atoms with van der Waals surface area (Å²) in [6, 6.07) is 4.47. The zero-order valence-corrected chi connectivity index (χ0v) is 15.7. The molecule has 0 bridgehead atoms. The Labute approximate surface area is 156 Å². The molecule has 9 nitrogen and oxygen atoms in total. The van der Waals surface area contributed by atoms with E-state index < -0.39 is 10.0 Å². The molecule has 2 aromatic rings. The fourth-order valence-corrected chi connectivity index (χ4v) is 4.73. The van der Waals surface area contributed by atoms with Crippen LogP contribution in [0.25, 0.3) is 0 Å². The van der Waals surface area contributed by atoms with Crippen LogP contribution in [0.1, 0.15) is 37.4 Å². The highest BCUT2D eigenvalue weighted by Crippen LogP contribution is 2.35. The highest BCUT2D eigenvalue weighted by atomic mass is 32.2. The number of amides is 1. The van der Waals surface area contributed by atoms with Crippen molar-refractivity contribution >= 4 is 21.6 Å². The number of aromatic nitrogens is 2. The molecule has 0 saturated heterocycles. The third kappa shape index (κ3) is 3.67. The number of hydrogen-bond acceptors (Lipinski definition) is 7. The molecule has 4 rings (SSSR count). The first-order chi connectivity index (χ1) is 12.9. The van der Waals surface area contributed by atoms with E-state index in [0.29, 0.717) is 23.2 Å². The van der Waals surface area contributed by atoms with E-state index in [0.717, 1.165) is 25.7 Å². The molecule has 2 heterocycles. The van der Waals surface area contributed by atoms with Gasteiger partial charge in [-0.3, -0.25) is 9.69 Å². The van der Waals surface area contributed by atoms with Gasteiger partial charge >= 0.3 is 0 Å². The fourth-order valence-electron chi connectivity index (χ4n) is 3.40. The summed E-state index contributed by atoms with van der Waals surface area (Å²) in [4.78, 5) is 18.0. The Balaban J connectivity index is 1.64. The first kappa shape index (κ1) is 17.9. The van der Waals surface area contributed by atoms with Crippen molar-refractivity contribution < 1.29 is 22.5 Å². The normalized spacial score (nSPS) is 17.8. The van der Waals surface area contributed by atoms with Gasteiger partial charge in [0.25, 0.3) is 5.91 Å². The molecule has 1 N–H and O–H groups in total. The van der Waals surface area contributed by atoms with Crippen LogP contribution >= 0.6 is 0 Å². The van der Waals surface area contributed by atoms with Gasteiger partial charge in [-0.1, -0.05) is 18.0 Å². The van der Waals surface area contributed by atoms with E-state index in [2.05, 4.69) is 14.9 Å². The van der Waals surface area contributed by atoms with Crippen molar-refractivity contribution in [2.75, 3.05) is 11.5 Å². The van der Waals surface area contributed by atoms with Crippen molar-refractivity contribution in [2.45, 2.75) is 50.1 Å². The van der Waals surface area contributed by atoms with Gasteiger partial charge in [0, 0.05) is 13.0 Å². The topological polar surface area (TPSA) is 115 Å². The van der Waals surface area contributed by atoms with E-state index in [-0.39, 0.29) is 30.0 Å². The van der Waals surface area contributed by atoms with Crippen molar-refractivity contribution in [1.29, 1.82) is 0 Å². The number of carbonyl (C=O) groups excluding carboxylic acids is 1. The first-order valence-electron chi connectivity index (χ1n) is 8.81. The molecule has 144 valence electrons. The monoisotopic (exact) mass is 392 g/mol. The standard InChI is InChI=1S/C17H20N4O5S/c1-11-18-16(19-26-11)9-21-14-8-13(6-7-15(14)25-10-17(21)22)27(23,24)20-12-4-2-3-5-12/h6-8,12,20H,2-5,9-10H2,1H3. The quantitative estimate of drug-likeness (QED) is 0.820. The Bertz CT molecular complexity index is 965. The zero-order valence-electron chi connectivity index (χ0n) is 14.8. The lowest BCUT2D eigenvalue weighted by Crippen LogP contribution is -2.39. The molecule has 1 aliphatic carbocycles. The molecule has 0 atom stereocenters. The van der Waals surface area contributed by atoms with Crippen LogP contribution < -0.4 is 14.4 Å². The van der Waals surface area contributed by atoms with Crippen molar-refractivity contribution in [3.8, 4) is 5.75 Å². The number of nitrogens with one attached hydrogen (secondary N) is 1. The average molecular weight is 392 g/mol. The van der Waals surface area contributed by atoms with Crippen molar-refractivity contribution in [2.24, 2.45) is 0 Å². The van der Waals surface area contributed by atoms with Gasteiger partial charge in [0.05, 0.1) is 17.1 Å². The Hall–Kier alpha value is -2.46. The van der Waals surface area contributed by atoms with Crippen molar-refractivity contribution in [3.05, 3.63) is 29.9 Å².